The van der Waals surface area contributed by atoms with E-state index in [4.69, 9.17) is 4.74 Å². The molecule has 0 amide bonds. The van der Waals surface area contributed by atoms with Crippen molar-refractivity contribution in [2.75, 3.05) is 6.61 Å². The van der Waals surface area contributed by atoms with Gasteiger partial charge in [0.05, 0.1) is 18.4 Å². The molecule has 0 rings (SSSR count). The first kappa shape index (κ1) is 23.2. The van der Waals surface area contributed by atoms with Gasteiger partial charge in [-0.3, -0.25) is 4.79 Å². The number of rotatable bonds is 7. The van der Waals surface area contributed by atoms with Gasteiger partial charge in [-0.1, -0.05) is 55.4 Å². The van der Waals surface area contributed by atoms with Crippen LogP contribution in [-0.4, -0.2) is 24.4 Å². The number of carbonyl (C=O) groups is 1. The summed E-state index contributed by atoms with van der Waals surface area (Å²) in [6, 6.07) is 0. The quantitative estimate of drug-likeness (QED) is 0.416. The van der Waals surface area contributed by atoms with Crippen LogP contribution in [0.25, 0.3) is 0 Å². The van der Waals surface area contributed by atoms with Crippen LogP contribution in [0.3, 0.4) is 0 Å². The van der Waals surface area contributed by atoms with Crippen molar-refractivity contribution in [1.82, 2.24) is 0 Å². The molecule has 0 saturated heterocycles. The van der Waals surface area contributed by atoms with E-state index in [1.165, 1.54) is 0 Å². The van der Waals surface area contributed by atoms with Crippen LogP contribution in [0.5, 0.6) is 0 Å². The van der Waals surface area contributed by atoms with Crippen LogP contribution in [0.1, 0.15) is 68.2 Å². The van der Waals surface area contributed by atoms with Gasteiger partial charge in [-0.25, -0.2) is 0 Å². The van der Waals surface area contributed by atoms with E-state index in [0.717, 1.165) is 13.8 Å². The second-order valence-electron chi connectivity index (χ2n) is 8.90. The highest BCUT2D eigenvalue weighted by Gasteiger charge is 2.58. The van der Waals surface area contributed by atoms with Gasteiger partial charge >= 0.3 is 17.8 Å². The molecule has 0 aliphatic rings. The number of halogens is 4. The Labute approximate surface area is 143 Å². The summed E-state index contributed by atoms with van der Waals surface area (Å²) < 4.78 is 59.4. The van der Waals surface area contributed by atoms with Crippen LogP contribution >= 0.6 is 0 Å². The fourth-order valence-electron chi connectivity index (χ4n) is 2.36. The summed E-state index contributed by atoms with van der Waals surface area (Å²) in [5.74, 6) is -11.2. The minimum atomic E-state index is -4.22. The lowest BCUT2D eigenvalue weighted by atomic mass is 9.72. The molecule has 0 spiro atoms. The molecule has 0 N–H and O–H groups in total. The van der Waals surface area contributed by atoms with Gasteiger partial charge in [0.25, 0.3) is 0 Å². The van der Waals surface area contributed by atoms with Crippen molar-refractivity contribution in [3.05, 3.63) is 0 Å². The third-order valence-electron chi connectivity index (χ3n) is 4.17. The van der Waals surface area contributed by atoms with E-state index in [9.17, 15) is 22.4 Å². The average Bonchev–Trinajstić information content (AvgIpc) is 2.39. The zero-order chi connectivity index (χ0) is 19.6. The molecular formula is C18H32F4O2. The predicted molar refractivity (Wildman–Crippen MR) is 87.3 cm³/mol. The summed E-state index contributed by atoms with van der Waals surface area (Å²) in [6.07, 6.45) is -0.446. The molecule has 0 aromatic carbocycles. The Kier molecular flexibility index (Phi) is 7.35. The van der Waals surface area contributed by atoms with Crippen LogP contribution < -0.4 is 0 Å². The number of hydrogen-bond acceptors (Lipinski definition) is 2. The molecule has 2 nitrogen and oxygen atoms in total. The topological polar surface area (TPSA) is 26.3 Å². The molecule has 24 heavy (non-hydrogen) atoms. The number of carbonyl (C=O) groups excluding carboxylic acids is 1. The van der Waals surface area contributed by atoms with Gasteiger partial charge in [-0.05, 0) is 17.3 Å². The fraction of sp³-hybridized carbons (Fsp3) is 0.944. The standard InChI is InChI=1S/C18H32F4O2/c1-9-17(19,20)18(21,22)12(2)11-24-14(23)13(16(6,7)8)10-15(3,4)5/h12-13H,9-11H2,1-8H3. The summed E-state index contributed by atoms with van der Waals surface area (Å²) in [5.41, 5.74) is -0.564. The average molecular weight is 356 g/mol. The summed E-state index contributed by atoms with van der Waals surface area (Å²) in [6.45, 7) is 12.8. The molecule has 6 heteroatoms. The van der Waals surface area contributed by atoms with Crippen molar-refractivity contribution in [3.63, 3.8) is 0 Å². The Morgan fingerprint density at radius 1 is 1.00 bits per heavy atom. The number of esters is 1. The molecule has 0 bridgehead atoms. The Morgan fingerprint density at radius 2 is 1.46 bits per heavy atom. The lowest BCUT2D eigenvalue weighted by molar-refractivity contribution is -0.241. The van der Waals surface area contributed by atoms with Gasteiger partial charge in [0.2, 0.25) is 0 Å². The third-order valence-corrected chi connectivity index (χ3v) is 4.17. The van der Waals surface area contributed by atoms with E-state index < -0.39 is 48.1 Å². The lowest BCUT2D eigenvalue weighted by Crippen LogP contribution is -2.47. The largest absolute Gasteiger partial charge is 0.465 e. The first-order valence-electron chi connectivity index (χ1n) is 8.38. The van der Waals surface area contributed by atoms with E-state index in [1.807, 2.05) is 41.5 Å². The minimum Gasteiger partial charge on any atom is -0.465 e. The summed E-state index contributed by atoms with van der Waals surface area (Å²) in [4.78, 5) is 12.4. The number of ether oxygens (including phenoxy) is 1. The predicted octanol–water partition coefficient (Wildman–Crippen LogP) is 5.94. The molecule has 144 valence electrons. The van der Waals surface area contributed by atoms with Gasteiger partial charge in [-0.2, -0.15) is 17.6 Å². The molecule has 0 fully saturated rings. The summed E-state index contributed by atoms with van der Waals surface area (Å²) in [7, 11) is 0. The first-order valence-corrected chi connectivity index (χ1v) is 8.38. The second-order valence-corrected chi connectivity index (χ2v) is 8.90. The van der Waals surface area contributed by atoms with Crippen LogP contribution in [0.15, 0.2) is 0 Å². The molecule has 0 aliphatic heterocycles. The van der Waals surface area contributed by atoms with E-state index in [-0.39, 0.29) is 5.41 Å². The molecule has 0 aromatic rings. The van der Waals surface area contributed by atoms with Crippen LogP contribution in [0.4, 0.5) is 17.6 Å². The van der Waals surface area contributed by atoms with Crippen molar-refractivity contribution in [1.29, 1.82) is 0 Å². The van der Waals surface area contributed by atoms with E-state index in [0.29, 0.717) is 6.42 Å². The molecule has 0 aliphatic carbocycles. The normalized spacial score (nSPS) is 16.7. The first-order chi connectivity index (χ1) is 10.5. The van der Waals surface area contributed by atoms with Gasteiger partial charge in [-0.15, -0.1) is 0 Å². The fourth-order valence-corrected chi connectivity index (χ4v) is 2.36. The van der Waals surface area contributed by atoms with Crippen molar-refractivity contribution in [2.24, 2.45) is 22.7 Å². The minimum absolute atomic E-state index is 0.151. The highest BCUT2D eigenvalue weighted by molar-refractivity contribution is 5.73. The number of alkyl halides is 4. The van der Waals surface area contributed by atoms with E-state index in [1.54, 1.807) is 0 Å². The van der Waals surface area contributed by atoms with Gasteiger partial charge in [0.15, 0.2) is 0 Å². The van der Waals surface area contributed by atoms with Crippen molar-refractivity contribution in [2.45, 2.75) is 80.1 Å². The maximum atomic E-state index is 13.8. The van der Waals surface area contributed by atoms with Crippen LogP contribution in [0.2, 0.25) is 0 Å². The number of hydrogen-bond donors (Lipinski definition) is 0. The molecular weight excluding hydrogens is 324 g/mol. The van der Waals surface area contributed by atoms with Gasteiger partial charge in [0.1, 0.15) is 0 Å². The molecule has 2 atom stereocenters. The molecule has 0 radical (unpaired) electrons. The third kappa shape index (κ3) is 6.25. The van der Waals surface area contributed by atoms with Crippen molar-refractivity contribution >= 4 is 5.97 Å². The summed E-state index contributed by atoms with van der Waals surface area (Å²) >= 11 is 0. The van der Waals surface area contributed by atoms with Gasteiger partial charge in [0, 0.05) is 6.42 Å². The zero-order valence-electron chi connectivity index (χ0n) is 16.1. The van der Waals surface area contributed by atoms with Crippen molar-refractivity contribution < 1.29 is 27.1 Å². The maximum Gasteiger partial charge on any atom is 0.315 e. The maximum absolute atomic E-state index is 13.8. The Bertz CT molecular complexity index is 420. The summed E-state index contributed by atoms with van der Waals surface area (Å²) in [5, 5.41) is 0. The zero-order valence-corrected chi connectivity index (χ0v) is 16.1. The molecule has 2 unspecified atom stereocenters. The highest BCUT2D eigenvalue weighted by atomic mass is 19.3. The Hall–Kier alpha value is -0.810. The smallest absolute Gasteiger partial charge is 0.315 e. The van der Waals surface area contributed by atoms with E-state index >= 15 is 0 Å². The SMILES string of the molecule is CCC(F)(F)C(F)(F)C(C)COC(=O)C(CC(C)(C)C)C(C)(C)C. The lowest BCUT2D eigenvalue weighted by Gasteiger charge is -2.35. The second kappa shape index (κ2) is 7.61. The van der Waals surface area contributed by atoms with Gasteiger partial charge < -0.3 is 4.74 Å². The van der Waals surface area contributed by atoms with Crippen LogP contribution in [0, 0.1) is 22.7 Å². The Morgan fingerprint density at radius 3 is 1.79 bits per heavy atom. The van der Waals surface area contributed by atoms with E-state index in [2.05, 4.69) is 0 Å². The molecule has 0 aromatic heterocycles. The molecule has 0 heterocycles. The van der Waals surface area contributed by atoms with Crippen LogP contribution in [-0.2, 0) is 9.53 Å². The molecule has 0 saturated carbocycles. The highest BCUT2D eigenvalue weighted by Crippen LogP contribution is 2.43. The van der Waals surface area contributed by atoms with Crippen molar-refractivity contribution in [3.8, 4) is 0 Å². The monoisotopic (exact) mass is 356 g/mol. The Balaban J connectivity index is 5.03.